The smallest absolute Gasteiger partial charge is 0.346 e. The Kier molecular flexibility index (Phi) is 6.39. The summed E-state index contributed by atoms with van der Waals surface area (Å²) in [7, 11) is 0. The number of amides is 2. The number of carbonyl (C=O) groups is 3. The number of benzene rings is 1. The van der Waals surface area contributed by atoms with Gasteiger partial charge in [0.2, 0.25) is 11.7 Å². The first-order valence-electron chi connectivity index (χ1n) is 8.52. The quantitative estimate of drug-likeness (QED) is 0.640. The predicted molar refractivity (Wildman–Crippen MR) is 88.4 cm³/mol. The Bertz CT molecular complexity index is 663. The summed E-state index contributed by atoms with van der Waals surface area (Å²) in [5.41, 5.74) is -0.968. The number of alkyl halides is 3. The van der Waals surface area contributed by atoms with Gasteiger partial charge in [-0.2, -0.15) is 13.2 Å². The molecule has 1 N–H and O–H groups in total. The lowest BCUT2D eigenvalue weighted by molar-refractivity contribution is -0.137. The zero-order valence-electron chi connectivity index (χ0n) is 14.4. The second kappa shape index (κ2) is 8.33. The van der Waals surface area contributed by atoms with Crippen LogP contribution in [0.15, 0.2) is 24.3 Å². The fraction of sp³-hybridized carbons (Fsp3) is 0.500. The average molecular weight is 370 g/mol. The molecule has 1 saturated heterocycles. The van der Waals surface area contributed by atoms with Gasteiger partial charge in [0.1, 0.15) is 0 Å². The molecule has 8 heteroatoms. The molecular formula is C18H21F3N2O3. The molecule has 1 aromatic carbocycles. The summed E-state index contributed by atoms with van der Waals surface area (Å²) in [6, 6.07) is 3.32. The van der Waals surface area contributed by atoms with Crippen LogP contribution in [0.2, 0.25) is 0 Å². The minimum Gasteiger partial charge on any atom is -0.346 e. The van der Waals surface area contributed by atoms with Crippen LogP contribution in [-0.2, 0) is 15.8 Å². The van der Waals surface area contributed by atoms with Crippen molar-refractivity contribution >= 4 is 17.6 Å². The highest BCUT2D eigenvalue weighted by Crippen LogP contribution is 2.29. The molecule has 5 nitrogen and oxygen atoms in total. The number of halogens is 3. The summed E-state index contributed by atoms with van der Waals surface area (Å²) < 4.78 is 37.6. The lowest BCUT2D eigenvalue weighted by Crippen LogP contribution is -2.48. The minimum atomic E-state index is -4.49. The molecule has 0 aromatic heterocycles. The van der Waals surface area contributed by atoms with Crippen molar-refractivity contribution < 1.29 is 27.6 Å². The molecule has 1 aliphatic rings. The molecule has 0 unspecified atom stereocenters. The minimum absolute atomic E-state index is 0.0816. The van der Waals surface area contributed by atoms with Crippen LogP contribution < -0.4 is 5.32 Å². The highest BCUT2D eigenvalue weighted by atomic mass is 19.4. The van der Waals surface area contributed by atoms with E-state index in [-0.39, 0.29) is 17.5 Å². The lowest BCUT2D eigenvalue weighted by Gasteiger charge is -2.32. The number of rotatable bonds is 5. The third-order valence-corrected chi connectivity index (χ3v) is 4.33. The van der Waals surface area contributed by atoms with Crippen LogP contribution in [0.1, 0.15) is 48.5 Å². The van der Waals surface area contributed by atoms with Crippen molar-refractivity contribution in [2.45, 2.75) is 44.8 Å². The van der Waals surface area contributed by atoms with Crippen molar-refractivity contribution in [1.82, 2.24) is 10.2 Å². The largest absolute Gasteiger partial charge is 0.416 e. The maximum Gasteiger partial charge on any atom is 0.416 e. The maximum absolute atomic E-state index is 12.5. The Balaban J connectivity index is 1.88. The monoisotopic (exact) mass is 370 g/mol. The first-order chi connectivity index (χ1) is 12.2. The standard InChI is InChI=1S/C18H21F3N2O3/c1-2-3-15(24)23-10-8-14(9-11-23)22-17(26)16(25)12-4-6-13(7-5-12)18(19,20)21/h4-7,14H,2-3,8-11H2,1H3,(H,22,26). The number of nitrogens with one attached hydrogen (secondary N) is 1. The highest BCUT2D eigenvalue weighted by Gasteiger charge is 2.31. The molecule has 0 aliphatic carbocycles. The Morgan fingerprint density at radius 3 is 2.19 bits per heavy atom. The third kappa shape index (κ3) is 5.06. The van der Waals surface area contributed by atoms with Gasteiger partial charge in [-0.05, 0) is 31.4 Å². The number of hydrogen-bond acceptors (Lipinski definition) is 3. The molecule has 0 saturated carbocycles. The molecule has 1 aliphatic heterocycles. The molecule has 0 spiro atoms. The number of Topliss-reactive ketones (excluding diaryl/α,β-unsaturated/α-hetero) is 1. The number of ketones is 1. The summed E-state index contributed by atoms with van der Waals surface area (Å²) in [6.07, 6.45) is -2.14. The molecule has 26 heavy (non-hydrogen) atoms. The van der Waals surface area contributed by atoms with Crippen molar-refractivity contribution in [1.29, 1.82) is 0 Å². The maximum atomic E-state index is 12.5. The van der Waals surface area contributed by atoms with E-state index >= 15 is 0 Å². The van der Waals surface area contributed by atoms with Crippen LogP contribution in [0.5, 0.6) is 0 Å². The Hall–Kier alpha value is -2.38. The van der Waals surface area contributed by atoms with Crippen LogP contribution >= 0.6 is 0 Å². The molecule has 142 valence electrons. The number of hydrogen-bond donors (Lipinski definition) is 1. The van der Waals surface area contributed by atoms with Gasteiger partial charge in [-0.15, -0.1) is 0 Å². The van der Waals surface area contributed by atoms with E-state index in [1.54, 1.807) is 4.90 Å². The van der Waals surface area contributed by atoms with Crippen LogP contribution in [-0.4, -0.2) is 41.6 Å². The second-order valence-electron chi connectivity index (χ2n) is 6.28. The molecule has 2 rings (SSSR count). The third-order valence-electron chi connectivity index (χ3n) is 4.33. The van der Waals surface area contributed by atoms with E-state index in [0.717, 1.165) is 30.7 Å². The Labute approximate surface area is 149 Å². The van der Waals surface area contributed by atoms with Gasteiger partial charge in [0, 0.05) is 31.1 Å². The summed E-state index contributed by atoms with van der Waals surface area (Å²) in [5.74, 6) is -1.63. The fourth-order valence-corrected chi connectivity index (χ4v) is 2.84. The normalized spacial score (nSPS) is 15.6. The van der Waals surface area contributed by atoms with E-state index in [2.05, 4.69) is 5.32 Å². The van der Waals surface area contributed by atoms with E-state index in [1.165, 1.54) is 0 Å². The van der Waals surface area contributed by atoms with Gasteiger partial charge in [0.05, 0.1) is 5.56 Å². The lowest BCUT2D eigenvalue weighted by atomic mass is 10.0. The van der Waals surface area contributed by atoms with E-state index < -0.39 is 23.4 Å². The zero-order valence-corrected chi connectivity index (χ0v) is 14.4. The zero-order chi connectivity index (χ0) is 19.3. The molecule has 1 aromatic rings. The van der Waals surface area contributed by atoms with Gasteiger partial charge in [-0.3, -0.25) is 14.4 Å². The molecule has 1 fully saturated rings. The number of piperidine rings is 1. The van der Waals surface area contributed by atoms with Crippen molar-refractivity contribution in [2.24, 2.45) is 0 Å². The van der Waals surface area contributed by atoms with Crippen molar-refractivity contribution in [2.75, 3.05) is 13.1 Å². The number of nitrogens with zero attached hydrogens (tertiary/aromatic N) is 1. The molecule has 2 amide bonds. The molecule has 1 heterocycles. The summed E-state index contributed by atoms with van der Waals surface area (Å²) >= 11 is 0. The highest BCUT2D eigenvalue weighted by molar-refractivity contribution is 6.42. The van der Waals surface area contributed by atoms with E-state index in [4.69, 9.17) is 0 Å². The average Bonchev–Trinajstić information content (AvgIpc) is 2.61. The van der Waals surface area contributed by atoms with Crippen molar-refractivity contribution in [3.63, 3.8) is 0 Å². The van der Waals surface area contributed by atoms with Gasteiger partial charge in [0.25, 0.3) is 5.91 Å². The molecule has 0 radical (unpaired) electrons. The van der Waals surface area contributed by atoms with Gasteiger partial charge < -0.3 is 10.2 Å². The Morgan fingerprint density at radius 1 is 1.12 bits per heavy atom. The fourth-order valence-electron chi connectivity index (χ4n) is 2.84. The number of likely N-dealkylation sites (tertiary alicyclic amines) is 1. The van der Waals surface area contributed by atoms with Crippen LogP contribution in [0.25, 0.3) is 0 Å². The first kappa shape index (κ1) is 19.9. The van der Waals surface area contributed by atoms with E-state index in [1.807, 2.05) is 6.92 Å². The van der Waals surface area contributed by atoms with Gasteiger partial charge in [-0.25, -0.2) is 0 Å². The number of carbonyl (C=O) groups excluding carboxylic acids is 3. The van der Waals surface area contributed by atoms with Crippen molar-refractivity contribution in [3.05, 3.63) is 35.4 Å². The topological polar surface area (TPSA) is 66.5 Å². The van der Waals surface area contributed by atoms with Crippen LogP contribution in [0.3, 0.4) is 0 Å². The molecular weight excluding hydrogens is 349 g/mol. The molecule has 0 atom stereocenters. The summed E-state index contributed by atoms with van der Waals surface area (Å²) in [4.78, 5) is 37.7. The Morgan fingerprint density at radius 2 is 1.69 bits per heavy atom. The first-order valence-corrected chi connectivity index (χ1v) is 8.52. The van der Waals surface area contributed by atoms with E-state index in [9.17, 15) is 27.6 Å². The van der Waals surface area contributed by atoms with Crippen LogP contribution in [0.4, 0.5) is 13.2 Å². The predicted octanol–water partition coefficient (Wildman–Crippen LogP) is 2.80. The van der Waals surface area contributed by atoms with Crippen molar-refractivity contribution in [3.8, 4) is 0 Å². The SMILES string of the molecule is CCCC(=O)N1CCC(NC(=O)C(=O)c2ccc(C(F)(F)F)cc2)CC1. The van der Waals surface area contributed by atoms with Gasteiger partial charge in [0.15, 0.2) is 0 Å². The summed E-state index contributed by atoms with van der Waals surface area (Å²) in [6.45, 7) is 2.95. The van der Waals surface area contributed by atoms with Crippen LogP contribution in [0, 0.1) is 0 Å². The van der Waals surface area contributed by atoms with Gasteiger partial charge in [-0.1, -0.05) is 19.1 Å². The molecule has 0 bridgehead atoms. The second-order valence-corrected chi connectivity index (χ2v) is 6.28. The van der Waals surface area contributed by atoms with Gasteiger partial charge >= 0.3 is 6.18 Å². The van der Waals surface area contributed by atoms with E-state index in [0.29, 0.717) is 32.4 Å². The summed E-state index contributed by atoms with van der Waals surface area (Å²) in [5, 5.41) is 2.60.